The first kappa shape index (κ1) is 18.5. The quantitative estimate of drug-likeness (QED) is 0.757. The summed E-state index contributed by atoms with van der Waals surface area (Å²) in [5.41, 5.74) is 2.04. The summed E-state index contributed by atoms with van der Waals surface area (Å²) in [6, 6.07) is 0. The molecule has 1 fully saturated rings. The van der Waals surface area contributed by atoms with E-state index in [0.29, 0.717) is 51.4 Å². The monoisotopic (exact) mass is 369 g/mol. The third-order valence-electron chi connectivity index (χ3n) is 4.80. The third kappa shape index (κ3) is 4.68. The van der Waals surface area contributed by atoms with Gasteiger partial charge in [-0.2, -0.15) is 0 Å². The number of hydrogen-bond acceptors (Lipinski definition) is 6. The van der Waals surface area contributed by atoms with Gasteiger partial charge in [-0.25, -0.2) is 22.7 Å². The van der Waals surface area contributed by atoms with E-state index < -0.39 is 10.0 Å². The molecule has 0 radical (unpaired) electrons. The molecule has 3 heterocycles. The Labute approximate surface area is 149 Å². The highest BCUT2D eigenvalue weighted by molar-refractivity contribution is 7.89. The van der Waals surface area contributed by atoms with Crippen LogP contribution in [0.5, 0.6) is 5.88 Å². The average molecular weight is 369 g/mol. The fraction of sp³-hybridized carbons (Fsp3) is 0.765. The SMILES string of the molecule is CCCCS(=O)(=O)N1CCC(Oc2ncnc3c2CCOCC3)CC1. The van der Waals surface area contributed by atoms with Crippen LogP contribution in [0.3, 0.4) is 0 Å². The zero-order valence-electron chi connectivity index (χ0n) is 14.8. The van der Waals surface area contributed by atoms with Crippen LogP contribution in [0.1, 0.15) is 43.9 Å². The number of rotatable bonds is 6. The summed E-state index contributed by atoms with van der Waals surface area (Å²) in [5, 5.41) is 0. The van der Waals surface area contributed by atoms with Crippen molar-refractivity contribution >= 4 is 10.0 Å². The molecule has 0 spiro atoms. The predicted molar refractivity (Wildman–Crippen MR) is 94.2 cm³/mol. The van der Waals surface area contributed by atoms with E-state index in [1.807, 2.05) is 6.92 Å². The molecule has 1 aromatic heterocycles. The maximum atomic E-state index is 12.3. The second-order valence-corrected chi connectivity index (χ2v) is 8.69. The lowest BCUT2D eigenvalue weighted by Crippen LogP contribution is -2.42. The fourth-order valence-electron chi connectivity index (χ4n) is 3.29. The average Bonchev–Trinajstić information content (AvgIpc) is 2.87. The van der Waals surface area contributed by atoms with Gasteiger partial charge in [0.2, 0.25) is 15.9 Å². The lowest BCUT2D eigenvalue weighted by Gasteiger charge is -2.31. The van der Waals surface area contributed by atoms with E-state index in [9.17, 15) is 8.42 Å². The summed E-state index contributed by atoms with van der Waals surface area (Å²) in [5.74, 6) is 0.886. The number of hydrogen-bond donors (Lipinski definition) is 0. The summed E-state index contributed by atoms with van der Waals surface area (Å²) in [7, 11) is -3.13. The van der Waals surface area contributed by atoms with Gasteiger partial charge in [0.1, 0.15) is 12.4 Å². The topological polar surface area (TPSA) is 81.6 Å². The highest BCUT2D eigenvalue weighted by Gasteiger charge is 2.29. The molecule has 0 amide bonds. The maximum Gasteiger partial charge on any atom is 0.220 e. The van der Waals surface area contributed by atoms with Crippen molar-refractivity contribution < 1.29 is 17.9 Å². The van der Waals surface area contributed by atoms with Gasteiger partial charge >= 0.3 is 0 Å². The van der Waals surface area contributed by atoms with Gasteiger partial charge in [0.25, 0.3) is 0 Å². The van der Waals surface area contributed by atoms with Crippen LogP contribution in [0, 0.1) is 0 Å². The lowest BCUT2D eigenvalue weighted by atomic mass is 10.1. The number of piperidine rings is 1. The van der Waals surface area contributed by atoms with Gasteiger partial charge in [-0.15, -0.1) is 0 Å². The van der Waals surface area contributed by atoms with Gasteiger partial charge in [0, 0.05) is 31.5 Å². The number of sulfonamides is 1. The van der Waals surface area contributed by atoms with Crippen LogP contribution in [0.4, 0.5) is 0 Å². The molecule has 0 aliphatic carbocycles. The molecular formula is C17H27N3O4S. The van der Waals surface area contributed by atoms with Crippen molar-refractivity contribution in [1.29, 1.82) is 0 Å². The molecule has 0 N–H and O–H groups in total. The van der Waals surface area contributed by atoms with Crippen molar-refractivity contribution in [3.63, 3.8) is 0 Å². The van der Waals surface area contributed by atoms with Gasteiger partial charge in [-0.1, -0.05) is 13.3 Å². The molecule has 0 atom stereocenters. The Morgan fingerprint density at radius 3 is 2.76 bits per heavy atom. The van der Waals surface area contributed by atoms with Crippen LogP contribution < -0.4 is 4.74 Å². The number of ether oxygens (including phenoxy) is 2. The van der Waals surface area contributed by atoms with Crippen LogP contribution in [-0.4, -0.2) is 60.9 Å². The van der Waals surface area contributed by atoms with Crippen LogP contribution >= 0.6 is 0 Å². The third-order valence-corrected chi connectivity index (χ3v) is 6.76. The Morgan fingerprint density at radius 1 is 1.24 bits per heavy atom. The zero-order chi connectivity index (χ0) is 17.7. The fourth-order valence-corrected chi connectivity index (χ4v) is 4.96. The van der Waals surface area contributed by atoms with Gasteiger partial charge < -0.3 is 9.47 Å². The lowest BCUT2D eigenvalue weighted by molar-refractivity contribution is 0.126. The first-order chi connectivity index (χ1) is 12.1. The number of fused-ring (bicyclic) bond motifs is 1. The van der Waals surface area contributed by atoms with Gasteiger partial charge in [0.05, 0.1) is 24.7 Å². The number of aromatic nitrogens is 2. The zero-order valence-corrected chi connectivity index (χ0v) is 15.6. The van der Waals surface area contributed by atoms with E-state index in [0.717, 1.165) is 30.5 Å². The number of unbranched alkanes of at least 4 members (excludes halogenated alkanes) is 1. The molecule has 7 nitrogen and oxygen atoms in total. The second kappa shape index (κ2) is 8.42. The largest absolute Gasteiger partial charge is 0.474 e. The molecule has 1 saturated heterocycles. The summed E-state index contributed by atoms with van der Waals surface area (Å²) >= 11 is 0. The Bertz CT molecular complexity index is 672. The molecule has 0 bridgehead atoms. The highest BCUT2D eigenvalue weighted by atomic mass is 32.2. The van der Waals surface area contributed by atoms with Crippen LogP contribution in [-0.2, 0) is 27.6 Å². The minimum absolute atomic E-state index is 0.000738. The second-order valence-electron chi connectivity index (χ2n) is 6.60. The van der Waals surface area contributed by atoms with Crippen molar-refractivity contribution in [2.45, 2.75) is 51.6 Å². The molecule has 3 rings (SSSR count). The minimum Gasteiger partial charge on any atom is -0.474 e. The molecule has 25 heavy (non-hydrogen) atoms. The van der Waals surface area contributed by atoms with Crippen molar-refractivity contribution in [2.24, 2.45) is 0 Å². The van der Waals surface area contributed by atoms with E-state index in [1.165, 1.54) is 0 Å². The van der Waals surface area contributed by atoms with E-state index in [2.05, 4.69) is 9.97 Å². The molecule has 2 aliphatic heterocycles. The molecule has 140 valence electrons. The molecule has 0 saturated carbocycles. The molecule has 2 aliphatic rings. The summed E-state index contributed by atoms with van der Waals surface area (Å²) in [6.07, 6.45) is 6.08. The van der Waals surface area contributed by atoms with Crippen molar-refractivity contribution in [2.75, 3.05) is 32.1 Å². The minimum atomic E-state index is -3.13. The van der Waals surface area contributed by atoms with Crippen LogP contribution in [0.15, 0.2) is 6.33 Å². The summed E-state index contributed by atoms with van der Waals surface area (Å²) in [4.78, 5) is 8.66. The Hall–Kier alpha value is -1.25. The standard InChI is InChI=1S/C17H27N3O4S/c1-2-3-12-25(21,22)20-8-4-14(5-9-20)24-17-15-6-10-23-11-7-16(15)18-13-19-17/h13-14H,2-12H2,1H3. The van der Waals surface area contributed by atoms with E-state index >= 15 is 0 Å². The molecule has 8 heteroatoms. The van der Waals surface area contributed by atoms with Crippen LogP contribution in [0.25, 0.3) is 0 Å². The normalized spacial score (nSPS) is 20.0. The molecular weight excluding hydrogens is 342 g/mol. The Morgan fingerprint density at radius 2 is 2.00 bits per heavy atom. The van der Waals surface area contributed by atoms with E-state index in [4.69, 9.17) is 9.47 Å². The molecule has 1 aromatic rings. The van der Waals surface area contributed by atoms with Gasteiger partial charge in [-0.05, 0) is 19.3 Å². The van der Waals surface area contributed by atoms with Crippen molar-refractivity contribution in [3.05, 3.63) is 17.6 Å². The maximum absolute atomic E-state index is 12.3. The first-order valence-corrected chi connectivity index (χ1v) is 10.8. The molecule has 0 aromatic carbocycles. The number of nitrogens with zero attached hydrogens (tertiary/aromatic N) is 3. The smallest absolute Gasteiger partial charge is 0.220 e. The highest BCUT2D eigenvalue weighted by Crippen LogP contribution is 2.25. The van der Waals surface area contributed by atoms with Crippen molar-refractivity contribution in [1.82, 2.24) is 14.3 Å². The van der Waals surface area contributed by atoms with E-state index in [-0.39, 0.29) is 11.9 Å². The predicted octanol–water partition coefficient (Wildman–Crippen LogP) is 1.56. The van der Waals surface area contributed by atoms with E-state index in [1.54, 1.807) is 10.6 Å². The first-order valence-electron chi connectivity index (χ1n) is 9.15. The summed E-state index contributed by atoms with van der Waals surface area (Å²) in [6.45, 7) is 4.38. The van der Waals surface area contributed by atoms with Gasteiger partial charge in [-0.3, -0.25) is 0 Å². The van der Waals surface area contributed by atoms with Crippen molar-refractivity contribution in [3.8, 4) is 5.88 Å². The Balaban J connectivity index is 1.60. The van der Waals surface area contributed by atoms with Gasteiger partial charge in [0.15, 0.2) is 0 Å². The summed E-state index contributed by atoms with van der Waals surface area (Å²) < 4.78 is 37.8. The Kier molecular flexibility index (Phi) is 6.24. The molecule has 0 unspecified atom stereocenters. The van der Waals surface area contributed by atoms with Crippen LogP contribution in [0.2, 0.25) is 0 Å².